The second kappa shape index (κ2) is 4.95. The molecule has 5 heteroatoms. The summed E-state index contributed by atoms with van der Waals surface area (Å²) in [6, 6.07) is 0.282. The molecule has 0 bridgehead atoms. The summed E-state index contributed by atoms with van der Waals surface area (Å²) in [6.07, 6.45) is 3.34. The fraction of sp³-hybridized carbons (Fsp3) is 0.500. The van der Waals surface area contributed by atoms with E-state index in [1.165, 1.54) is 0 Å². The zero-order valence-electron chi connectivity index (χ0n) is 7.54. The van der Waals surface area contributed by atoms with Gasteiger partial charge in [0.1, 0.15) is 12.1 Å². The van der Waals surface area contributed by atoms with Gasteiger partial charge in [0.15, 0.2) is 0 Å². The topological polar surface area (TPSA) is 29.0 Å². The number of hydrogen-bond donors (Lipinski definition) is 0. The zero-order chi connectivity index (χ0) is 9.84. The molecule has 0 aliphatic heterocycles. The van der Waals surface area contributed by atoms with Crippen LogP contribution in [0.15, 0.2) is 12.5 Å². The van der Waals surface area contributed by atoms with Crippen molar-refractivity contribution in [1.29, 1.82) is 0 Å². The summed E-state index contributed by atoms with van der Waals surface area (Å²) in [7, 11) is 1.98. The first-order valence-corrected chi connectivity index (χ1v) is 5.52. The van der Waals surface area contributed by atoms with Gasteiger partial charge in [0.25, 0.3) is 0 Å². The molecule has 0 saturated carbocycles. The van der Waals surface area contributed by atoms with Crippen LogP contribution >= 0.6 is 34.2 Å². The van der Waals surface area contributed by atoms with Crippen LogP contribution in [0, 0.1) is 3.57 Å². The lowest BCUT2D eigenvalue weighted by atomic mass is 10.3. The first-order valence-electron chi connectivity index (χ1n) is 3.91. The van der Waals surface area contributed by atoms with E-state index in [0.29, 0.717) is 5.88 Å². The predicted octanol–water partition coefficient (Wildman–Crippen LogP) is 2.14. The fourth-order valence-corrected chi connectivity index (χ4v) is 1.77. The molecule has 0 aliphatic rings. The molecule has 0 fully saturated rings. The molecule has 0 aromatic carbocycles. The van der Waals surface area contributed by atoms with Crippen molar-refractivity contribution in [2.45, 2.75) is 13.0 Å². The largest absolute Gasteiger partial charge is 0.355 e. The number of aromatic nitrogens is 2. The summed E-state index contributed by atoms with van der Waals surface area (Å²) in [5, 5.41) is 0. The van der Waals surface area contributed by atoms with Gasteiger partial charge in [0.05, 0.1) is 3.57 Å². The van der Waals surface area contributed by atoms with Crippen molar-refractivity contribution in [2.75, 3.05) is 17.8 Å². The van der Waals surface area contributed by atoms with Crippen molar-refractivity contribution in [3.8, 4) is 0 Å². The monoisotopic (exact) mass is 311 g/mol. The summed E-state index contributed by atoms with van der Waals surface area (Å²) < 4.78 is 1.04. The maximum Gasteiger partial charge on any atom is 0.145 e. The second-order valence-electron chi connectivity index (χ2n) is 2.81. The first-order chi connectivity index (χ1) is 6.16. The molecule has 0 N–H and O–H groups in total. The van der Waals surface area contributed by atoms with E-state index >= 15 is 0 Å². The Morgan fingerprint density at radius 2 is 2.38 bits per heavy atom. The van der Waals surface area contributed by atoms with Gasteiger partial charge < -0.3 is 4.90 Å². The Bertz CT molecular complexity index is 282. The number of halogens is 2. The lowest BCUT2D eigenvalue weighted by Crippen LogP contribution is -2.31. The maximum atomic E-state index is 5.76. The standard InChI is InChI=1S/C8H11ClIN3/c1-6(3-9)13(2)8-7(10)4-11-5-12-8/h4-6H,3H2,1-2H3. The van der Waals surface area contributed by atoms with Crippen molar-refractivity contribution in [2.24, 2.45) is 0 Å². The van der Waals surface area contributed by atoms with Crippen LogP contribution in [0.3, 0.4) is 0 Å². The van der Waals surface area contributed by atoms with Crippen LogP contribution in [0.4, 0.5) is 5.82 Å². The van der Waals surface area contributed by atoms with Crippen molar-refractivity contribution in [3.63, 3.8) is 0 Å². The highest BCUT2D eigenvalue weighted by molar-refractivity contribution is 14.1. The maximum absolute atomic E-state index is 5.76. The molecular weight excluding hydrogens is 300 g/mol. The summed E-state index contributed by atoms with van der Waals surface area (Å²) in [6.45, 7) is 2.06. The van der Waals surface area contributed by atoms with Crippen LogP contribution in [-0.2, 0) is 0 Å². The number of anilines is 1. The van der Waals surface area contributed by atoms with Gasteiger partial charge in [-0.15, -0.1) is 11.6 Å². The smallest absolute Gasteiger partial charge is 0.145 e. The van der Waals surface area contributed by atoms with Gasteiger partial charge >= 0.3 is 0 Å². The SMILES string of the molecule is CC(CCl)N(C)c1ncncc1I. The summed E-state index contributed by atoms with van der Waals surface area (Å²) in [5.41, 5.74) is 0. The Hall–Kier alpha value is -0.100. The molecule has 1 rings (SSSR count). The van der Waals surface area contributed by atoms with Gasteiger partial charge in [-0.1, -0.05) is 0 Å². The highest BCUT2D eigenvalue weighted by atomic mass is 127. The van der Waals surface area contributed by atoms with Gasteiger partial charge in [0.2, 0.25) is 0 Å². The molecule has 1 heterocycles. The Balaban J connectivity index is 2.88. The van der Waals surface area contributed by atoms with E-state index in [0.717, 1.165) is 9.39 Å². The van der Waals surface area contributed by atoms with E-state index in [-0.39, 0.29) is 6.04 Å². The normalized spacial score (nSPS) is 12.6. The average Bonchev–Trinajstić information content (AvgIpc) is 2.16. The zero-order valence-corrected chi connectivity index (χ0v) is 10.5. The molecule has 1 unspecified atom stereocenters. The molecule has 13 heavy (non-hydrogen) atoms. The van der Waals surface area contributed by atoms with Crippen LogP contribution in [-0.4, -0.2) is 28.9 Å². The Labute approximate surface area is 96.7 Å². The number of hydrogen-bond acceptors (Lipinski definition) is 3. The number of nitrogens with zero attached hydrogens (tertiary/aromatic N) is 3. The lowest BCUT2D eigenvalue weighted by Gasteiger charge is -2.24. The van der Waals surface area contributed by atoms with Crippen molar-refractivity contribution >= 4 is 40.0 Å². The summed E-state index contributed by atoms with van der Waals surface area (Å²) in [5.74, 6) is 1.53. The Morgan fingerprint density at radius 3 is 2.92 bits per heavy atom. The average molecular weight is 312 g/mol. The van der Waals surface area contributed by atoms with E-state index < -0.39 is 0 Å². The van der Waals surface area contributed by atoms with Gasteiger partial charge in [-0.05, 0) is 29.5 Å². The Morgan fingerprint density at radius 1 is 1.69 bits per heavy atom. The number of rotatable bonds is 3. The lowest BCUT2D eigenvalue weighted by molar-refractivity contribution is 0.745. The summed E-state index contributed by atoms with van der Waals surface area (Å²) in [4.78, 5) is 10.2. The van der Waals surface area contributed by atoms with Crippen LogP contribution in [0.2, 0.25) is 0 Å². The molecule has 1 atom stereocenters. The third-order valence-corrected chi connectivity index (χ3v) is 3.07. The van der Waals surface area contributed by atoms with Crippen molar-refractivity contribution in [3.05, 3.63) is 16.1 Å². The second-order valence-corrected chi connectivity index (χ2v) is 4.28. The first kappa shape index (κ1) is 11.0. The molecule has 1 aromatic heterocycles. The molecule has 0 saturated heterocycles. The fourth-order valence-electron chi connectivity index (χ4n) is 0.878. The molecular formula is C8H11ClIN3. The minimum absolute atomic E-state index is 0.282. The van der Waals surface area contributed by atoms with Crippen LogP contribution in [0.5, 0.6) is 0 Å². The minimum atomic E-state index is 0.282. The third-order valence-electron chi connectivity index (χ3n) is 1.87. The minimum Gasteiger partial charge on any atom is -0.355 e. The van der Waals surface area contributed by atoms with Crippen molar-refractivity contribution < 1.29 is 0 Å². The number of alkyl halides is 1. The van der Waals surface area contributed by atoms with Crippen LogP contribution in [0.25, 0.3) is 0 Å². The van der Waals surface area contributed by atoms with Gasteiger partial charge in [-0.3, -0.25) is 0 Å². The summed E-state index contributed by atoms with van der Waals surface area (Å²) >= 11 is 7.98. The van der Waals surface area contributed by atoms with Gasteiger partial charge in [-0.2, -0.15) is 0 Å². The van der Waals surface area contributed by atoms with Crippen molar-refractivity contribution in [1.82, 2.24) is 9.97 Å². The molecule has 72 valence electrons. The van der Waals surface area contributed by atoms with Gasteiger partial charge in [0, 0.05) is 25.2 Å². The van der Waals surface area contributed by atoms with Gasteiger partial charge in [-0.25, -0.2) is 9.97 Å². The highest BCUT2D eigenvalue weighted by Gasteiger charge is 2.12. The molecule has 0 radical (unpaired) electrons. The predicted molar refractivity (Wildman–Crippen MR) is 63.3 cm³/mol. The third kappa shape index (κ3) is 2.67. The molecule has 3 nitrogen and oxygen atoms in total. The van der Waals surface area contributed by atoms with Crippen LogP contribution < -0.4 is 4.90 Å². The van der Waals surface area contributed by atoms with E-state index in [1.54, 1.807) is 12.5 Å². The Kier molecular flexibility index (Phi) is 4.18. The van der Waals surface area contributed by atoms with Crippen LogP contribution in [0.1, 0.15) is 6.92 Å². The van der Waals surface area contributed by atoms with E-state index in [2.05, 4.69) is 44.4 Å². The van der Waals surface area contributed by atoms with E-state index in [4.69, 9.17) is 11.6 Å². The molecule has 0 spiro atoms. The van der Waals surface area contributed by atoms with E-state index in [9.17, 15) is 0 Å². The molecule has 1 aromatic rings. The molecule has 0 aliphatic carbocycles. The molecule has 0 amide bonds. The highest BCUT2D eigenvalue weighted by Crippen LogP contribution is 2.18. The quantitative estimate of drug-likeness (QED) is 0.633. The van der Waals surface area contributed by atoms with E-state index in [1.807, 2.05) is 7.05 Å².